The van der Waals surface area contributed by atoms with Gasteiger partial charge in [-0.15, -0.1) is 0 Å². The van der Waals surface area contributed by atoms with Crippen LogP contribution in [0.4, 0.5) is 23.7 Å². The minimum absolute atomic E-state index is 0.0828. The number of rotatable bonds is 6. The lowest BCUT2D eigenvalue weighted by molar-refractivity contribution is -0.137. The molecule has 0 spiro atoms. The first kappa shape index (κ1) is 25.2. The molecular formula is C23H27F3N4O4S. The van der Waals surface area contributed by atoms with Crippen LogP contribution in [0.5, 0.6) is 0 Å². The van der Waals surface area contributed by atoms with Crippen LogP contribution in [0, 0.1) is 5.92 Å². The van der Waals surface area contributed by atoms with E-state index in [1.54, 1.807) is 4.90 Å². The maximum Gasteiger partial charge on any atom is 0.417 e. The molecule has 0 aliphatic carbocycles. The summed E-state index contributed by atoms with van der Waals surface area (Å²) in [6, 6.07) is 10.3. The van der Waals surface area contributed by atoms with Crippen LogP contribution in [-0.2, 0) is 27.5 Å². The number of carbonyl (C=O) groups excluding carboxylic acids is 1. The third-order valence-electron chi connectivity index (χ3n) is 6.24. The van der Waals surface area contributed by atoms with E-state index in [2.05, 4.69) is 4.98 Å². The number of aromatic nitrogens is 1. The van der Waals surface area contributed by atoms with Crippen molar-refractivity contribution in [3.8, 4) is 0 Å². The van der Waals surface area contributed by atoms with Crippen LogP contribution < -0.4 is 4.90 Å². The summed E-state index contributed by atoms with van der Waals surface area (Å²) in [5.41, 5.74) is 0.356. The summed E-state index contributed by atoms with van der Waals surface area (Å²) in [7, 11) is -3.58. The number of hydrogen-bond donors (Lipinski definition) is 0. The number of piperazine rings is 1. The van der Waals surface area contributed by atoms with Gasteiger partial charge in [-0.25, -0.2) is 13.2 Å². The second-order valence-electron chi connectivity index (χ2n) is 8.74. The van der Waals surface area contributed by atoms with Crippen LogP contribution in [0.25, 0.3) is 0 Å². The highest BCUT2D eigenvalue weighted by Gasteiger charge is 2.35. The zero-order chi connectivity index (χ0) is 25.1. The maximum atomic E-state index is 13.0. The van der Waals surface area contributed by atoms with E-state index in [4.69, 9.17) is 4.74 Å². The standard InChI is InChI=1S/C23H27F3N4O4S/c24-23(25,26)20-12-21(14-27-13-20)28-8-10-30(11-9-28)35(32,33)17-19-6-7-29(15-19)22(31)34-16-18-4-2-1-3-5-18/h1-5,12-14,19H,6-11,15-17H2. The fraction of sp³-hybridized carbons (Fsp3) is 0.478. The number of benzene rings is 1. The molecule has 0 bridgehead atoms. The number of ether oxygens (including phenoxy) is 1. The third-order valence-corrected chi connectivity index (χ3v) is 8.29. The number of carbonyl (C=O) groups is 1. The van der Waals surface area contributed by atoms with Gasteiger partial charge in [0.15, 0.2) is 0 Å². The Labute approximate surface area is 202 Å². The van der Waals surface area contributed by atoms with Gasteiger partial charge >= 0.3 is 12.3 Å². The molecule has 1 unspecified atom stereocenters. The summed E-state index contributed by atoms with van der Waals surface area (Å²) >= 11 is 0. The van der Waals surface area contributed by atoms with Gasteiger partial charge in [0.25, 0.3) is 0 Å². The number of likely N-dealkylation sites (tertiary alicyclic amines) is 1. The predicted molar refractivity (Wildman–Crippen MR) is 123 cm³/mol. The van der Waals surface area contributed by atoms with Gasteiger partial charge in [0.1, 0.15) is 6.61 Å². The van der Waals surface area contributed by atoms with Crippen LogP contribution in [0.3, 0.4) is 0 Å². The highest BCUT2D eigenvalue weighted by molar-refractivity contribution is 7.89. The number of alkyl halides is 3. The van der Waals surface area contributed by atoms with E-state index < -0.39 is 27.9 Å². The SMILES string of the molecule is O=C(OCc1ccccc1)N1CCC(CS(=O)(=O)N2CCN(c3cncc(C(F)(F)F)c3)CC2)C1. The van der Waals surface area contributed by atoms with Crippen molar-refractivity contribution in [2.45, 2.75) is 19.2 Å². The summed E-state index contributed by atoms with van der Waals surface area (Å²) in [4.78, 5) is 19.3. The molecule has 2 aliphatic heterocycles. The topological polar surface area (TPSA) is 83.0 Å². The van der Waals surface area contributed by atoms with Crippen molar-refractivity contribution in [1.82, 2.24) is 14.2 Å². The van der Waals surface area contributed by atoms with Gasteiger partial charge in [0, 0.05) is 45.5 Å². The van der Waals surface area contributed by atoms with Crippen molar-refractivity contribution in [1.29, 1.82) is 0 Å². The molecule has 8 nitrogen and oxygen atoms in total. The lowest BCUT2D eigenvalue weighted by atomic mass is 10.2. The Kier molecular flexibility index (Phi) is 7.50. The Balaban J connectivity index is 1.26. The summed E-state index contributed by atoms with van der Waals surface area (Å²) in [6.07, 6.45) is -2.26. The highest BCUT2D eigenvalue weighted by Crippen LogP contribution is 2.31. The molecule has 12 heteroatoms. The minimum atomic E-state index is -4.49. The lowest BCUT2D eigenvalue weighted by Gasteiger charge is -2.35. The molecule has 190 valence electrons. The lowest BCUT2D eigenvalue weighted by Crippen LogP contribution is -2.50. The number of nitrogens with zero attached hydrogens (tertiary/aromatic N) is 4. The van der Waals surface area contributed by atoms with E-state index >= 15 is 0 Å². The number of hydrogen-bond acceptors (Lipinski definition) is 6. The molecule has 2 saturated heterocycles. The molecule has 2 fully saturated rings. The number of amides is 1. The normalized spacial score (nSPS) is 19.7. The van der Waals surface area contributed by atoms with Gasteiger partial charge in [-0.3, -0.25) is 4.98 Å². The summed E-state index contributed by atoms with van der Waals surface area (Å²) in [6.45, 7) is 1.79. The van der Waals surface area contributed by atoms with Crippen molar-refractivity contribution >= 4 is 21.8 Å². The molecule has 0 saturated carbocycles. The zero-order valence-electron chi connectivity index (χ0n) is 19.0. The summed E-state index contributed by atoms with van der Waals surface area (Å²) < 4.78 is 71.6. The molecule has 0 N–H and O–H groups in total. The first-order valence-corrected chi connectivity index (χ1v) is 12.9. The number of anilines is 1. The Bertz CT molecular complexity index is 1120. The van der Waals surface area contributed by atoms with Crippen molar-refractivity contribution in [2.75, 3.05) is 49.9 Å². The van der Waals surface area contributed by atoms with E-state index in [0.29, 0.717) is 25.2 Å². The molecule has 2 aromatic rings. The summed E-state index contributed by atoms with van der Waals surface area (Å²) in [5, 5.41) is 0. The Morgan fingerprint density at radius 3 is 2.46 bits per heavy atom. The second kappa shape index (κ2) is 10.4. The maximum absolute atomic E-state index is 13.0. The highest BCUT2D eigenvalue weighted by atomic mass is 32.2. The van der Waals surface area contributed by atoms with Crippen LogP contribution in [0.2, 0.25) is 0 Å². The largest absolute Gasteiger partial charge is 0.445 e. The van der Waals surface area contributed by atoms with E-state index in [1.807, 2.05) is 30.3 Å². The summed E-state index contributed by atoms with van der Waals surface area (Å²) in [5.74, 6) is -0.282. The average molecular weight is 513 g/mol. The Hall–Kier alpha value is -2.86. The van der Waals surface area contributed by atoms with Gasteiger partial charge in [0.05, 0.1) is 23.2 Å². The monoisotopic (exact) mass is 512 g/mol. The number of sulfonamides is 1. The molecule has 1 aromatic carbocycles. The molecule has 1 atom stereocenters. The van der Waals surface area contributed by atoms with Crippen LogP contribution in [-0.4, -0.2) is 73.7 Å². The quantitative estimate of drug-likeness (QED) is 0.591. The smallest absolute Gasteiger partial charge is 0.417 e. The molecule has 2 aliphatic rings. The second-order valence-corrected chi connectivity index (χ2v) is 10.7. The van der Waals surface area contributed by atoms with Gasteiger partial charge in [-0.1, -0.05) is 30.3 Å². The molecule has 4 rings (SSSR count). The van der Waals surface area contributed by atoms with Crippen LogP contribution in [0.15, 0.2) is 48.8 Å². The number of pyridine rings is 1. The Morgan fingerprint density at radius 1 is 1.06 bits per heavy atom. The molecule has 1 aromatic heterocycles. The molecule has 35 heavy (non-hydrogen) atoms. The molecule has 3 heterocycles. The van der Waals surface area contributed by atoms with E-state index in [0.717, 1.165) is 17.8 Å². The fourth-order valence-electron chi connectivity index (χ4n) is 4.33. The molecule has 0 radical (unpaired) electrons. The van der Waals surface area contributed by atoms with Crippen LogP contribution >= 0.6 is 0 Å². The van der Waals surface area contributed by atoms with E-state index in [9.17, 15) is 26.4 Å². The average Bonchev–Trinajstić information content (AvgIpc) is 3.31. The van der Waals surface area contributed by atoms with Crippen molar-refractivity contribution < 1.29 is 31.1 Å². The first-order valence-electron chi connectivity index (χ1n) is 11.3. The van der Waals surface area contributed by atoms with Crippen molar-refractivity contribution in [3.63, 3.8) is 0 Å². The minimum Gasteiger partial charge on any atom is -0.445 e. The van der Waals surface area contributed by atoms with Crippen LogP contribution in [0.1, 0.15) is 17.5 Å². The third kappa shape index (κ3) is 6.43. The van der Waals surface area contributed by atoms with Gasteiger partial charge in [-0.05, 0) is 24.0 Å². The van der Waals surface area contributed by atoms with Gasteiger partial charge in [-0.2, -0.15) is 17.5 Å². The predicted octanol–water partition coefficient (Wildman–Crippen LogP) is 3.21. The zero-order valence-corrected chi connectivity index (χ0v) is 19.8. The van der Waals surface area contributed by atoms with Gasteiger partial charge < -0.3 is 14.5 Å². The number of halogens is 3. The van der Waals surface area contributed by atoms with Gasteiger partial charge in [0.2, 0.25) is 10.0 Å². The molecule has 1 amide bonds. The molecular weight excluding hydrogens is 485 g/mol. The van der Waals surface area contributed by atoms with E-state index in [-0.39, 0.29) is 44.5 Å². The Morgan fingerprint density at radius 2 is 1.77 bits per heavy atom. The van der Waals surface area contributed by atoms with E-state index in [1.165, 1.54) is 15.4 Å². The first-order chi connectivity index (χ1) is 16.6. The van der Waals surface area contributed by atoms with Crippen molar-refractivity contribution in [2.24, 2.45) is 5.92 Å². The van der Waals surface area contributed by atoms with Crippen molar-refractivity contribution in [3.05, 3.63) is 59.9 Å². The fourth-order valence-corrected chi connectivity index (χ4v) is 6.13.